The van der Waals surface area contributed by atoms with Crippen LogP contribution in [0.15, 0.2) is 23.8 Å². The summed E-state index contributed by atoms with van der Waals surface area (Å²) in [5.41, 5.74) is 0.379. The van der Waals surface area contributed by atoms with Gasteiger partial charge in [-0.2, -0.15) is 10.5 Å². The van der Waals surface area contributed by atoms with E-state index in [4.69, 9.17) is 46.4 Å². The summed E-state index contributed by atoms with van der Waals surface area (Å²) in [4.78, 5) is 0.157. The smallest absolute Gasteiger partial charge is 0.777 e. The second kappa shape index (κ2) is 7.65. The van der Waals surface area contributed by atoms with Crippen molar-refractivity contribution >= 4 is 40.7 Å². The van der Waals surface area contributed by atoms with Crippen molar-refractivity contribution in [3.63, 3.8) is 0 Å². The molecule has 0 amide bonds. The minimum atomic E-state index is -0.122. The molecule has 1 aromatic rings. The van der Waals surface area contributed by atoms with Crippen LogP contribution in [0, 0.1) is 22.7 Å². The number of nitriles is 2. The number of hydrogen-bond acceptors (Lipinski definition) is 3. The molecule has 0 aliphatic carbocycles. The molecule has 0 aliphatic heterocycles. The predicted molar refractivity (Wildman–Crippen MR) is 62.0 cm³/mol. The van der Waals surface area contributed by atoms with Crippen molar-refractivity contribution in [3.8, 4) is 12.1 Å². The molecule has 1 aromatic carbocycles. The van der Waals surface area contributed by atoms with E-state index in [0.29, 0.717) is 15.6 Å². The second-order valence-corrected chi connectivity index (χ2v) is 3.87. The van der Waals surface area contributed by atoms with E-state index >= 15 is 0 Å². The Morgan fingerprint density at radius 3 is 1.88 bits per heavy atom. The Morgan fingerprint density at radius 1 is 1.06 bits per heavy atom. The normalized spacial score (nSPS) is 8.25. The van der Waals surface area contributed by atoms with Gasteiger partial charge in [-0.3, -0.25) is 0 Å². The predicted octanol–water partition coefficient (Wildman–Crippen LogP) is 0.303. The minimum absolute atomic E-state index is 0. The van der Waals surface area contributed by atoms with Crippen molar-refractivity contribution < 1.29 is 51.4 Å². The van der Waals surface area contributed by atoms with Crippen molar-refractivity contribution in [1.82, 2.24) is 0 Å². The van der Waals surface area contributed by atoms with Crippen molar-refractivity contribution in [3.05, 3.63) is 39.4 Å². The Bertz CT molecular complexity index is 478. The Morgan fingerprint density at radius 2 is 1.50 bits per heavy atom. The summed E-state index contributed by atoms with van der Waals surface area (Å²) >= 11 is 16.5. The summed E-state index contributed by atoms with van der Waals surface area (Å²) < 4.78 is 0. The van der Waals surface area contributed by atoms with E-state index in [2.05, 4.69) is 0 Å². The molecule has 0 unspecified atom stereocenters. The van der Waals surface area contributed by atoms with Crippen molar-refractivity contribution in [2.24, 2.45) is 0 Å². The molecule has 0 saturated carbocycles. The molecule has 16 heavy (non-hydrogen) atoms. The molecule has 1 rings (SSSR count). The molecular weight excluding hydrogens is 290 g/mol. The quantitative estimate of drug-likeness (QED) is 0.425. The standard InChI is InChI=1S/C10H4Cl2N2S.K/c11-8-1-6(2-9(12)3-8)10(15)7(4-13)5-14;/h1-3,15H;/q;+1/p-1. The maximum Gasteiger partial charge on any atom is 1.00 e. The van der Waals surface area contributed by atoms with Crippen LogP contribution in [0.25, 0.3) is 4.91 Å². The number of rotatable bonds is 1. The van der Waals surface area contributed by atoms with E-state index in [0.717, 1.165) is 0 Å². The van der Waals surface area contributed by atoms with E-state index in [9.17, 15) is 0 Å². The van der Waals surface area contributed by atoms with Gasteiger partial charge in [0.25, 0.3) is 0 Å². The van der Waals surface area contributed by atoms with Gasteiger partial charge in [-0.1, -0.05) is 23.2 Å². The topological polar surface area (TPSA) is 47.6 Å². The molecule has 0 aromatic heterocycles. The van der Waals surface area contributed by atoms with Crippen LogP contribution in [0.5, 0.6) is 0 Å². The largest absolute Gasteiger partial charge is 1.00 e. The van der Waals surface area contributed by atoms with Crippen LogP contribution in [0.3, 0.4) is 0 Å². The van der Waals surface area contributed by atoms with E-state index in [1.807, 2.05) is 0 Å². The average molecular weight is 293 g/mol. The zero-order valence-electron chi connectivity index (χ0n) is 8.29. The van der Waals surface area contributed by atoms with Crippen LogP contribution >= 0.6 is 23.2 Å². The van der Waals surface area contributed by atoms with E-state index in [-0.39, 0.29) is 61.9 Å². The minimum Gasteiger partial charge on any atom is -0.777 e. The number of benzene rings is 1. The molecule has 0 heterocycles. The number of halogens is 2. The van der Waals surface area contributed by atoms with Gasteiger partial charge < -0.3 is 12.6 Å². The fraction of sp³-hybridized carbons (Fsp3) is 0. The Labute approximate surface area is 152 Å². The van der Waals surface area contributed by atoms with Gasteiger partial charge in [0, 0.05) is 10.0 Å². The third-order valence-corrected chi connectivity index (χ3v) is 2.45. The van der Waals surface area contributed by atoms with E-state index < -0.39 is 0 Å². The first-order valence-corrected chi connectivity index (χ1v) is 4.93. The maximum atomic E-state index is 8.63. The monoisotopic (exact) mass is 292 g/mol. The Hall–Kier alpha value is 0.376. The van der Waals surface area contributed by atoms with Gasteiger partial charge in [0.15, 0.2) is 0 Å². The molecule has 2 nitrogen and oxygen atoms in total. The van der Waals surface area contributed by atoms with Gasteiger partial charge in [-0.15, -0.1) is 4.91 Å². The zero-order chi connectivity index (χ0) is 11.4. The first kappa shape index (κ1) is 16.4. The summed E-state index contributed by atoms with van der Waals surface area (Å²) in [5, 5.41) is 18.1. The van der Waals surface area contributed by atoms with Gasteiger partial charge in [0.05, 0.1) is 0 Å². The Kier molecular flexibility index (Phi) is 7.83. The van der Waals surface area contributed by atoms with Crippen LogP contribution < -0.4 is 51.4 Å². The molecule has 0 bridgehead atoms. The van der Waals surface area contributed by atoms with Crippen molar-refractivity contribution in [1.29, 1.82) is 10.5 Å². The van der Waals surface area contributed by atoms with Gasteiger partial charge in [0.2, 0.25) is 0 Å². The zero-order valence-corrected chi connectivity index (χ0v) is 13.7. The summed E-state index contributed by atoms with van der Waals surface area (Å²) in [5.74, 6) is 0. The van der Waals surface area contributed by atoms with Gasteiger partial charge >= 0.3 is 51.4 Å². The third kappa shape index (κ3) is 4.33. The SMILES string of the molecule is N#CC(C#N)=C([S-])c1cc(Cl)cc(Cl)c1.[K+]. The molecule has 0 N–H and O–H groups in total. The maximum absolute atomic E-state index is 8.63. The van der Waals surface area contributed by atoms with Gasteiger partial charge in [-0.05, 0) is 23.8 Å². The van der Waals surface area contributed by atoms with Crippen molar-refractivity contribution in [2.45, 2.75) is 0 Å². The summed E-state index contributed by atoms with van der Waals surface area (Å²) in [6, 6.07) is 8.10. The van der Waals surface area contributed by atoms with E-state index in [1.54, 1.807) is 30.3 Å². The number of nitrogens with zero attached hydrogens (tertiary/aromatic N) is 2. The third-order valence-electron chi connectivity index (χ3n) is 1.58. The fourth-order valence-electron chi connectivity index (χ4n) is 0.956. The van der Waals surface area contributed by atoms with Crippen LogP contribution in [-0.4, -0.2) is 0 Å². The van der Waals surface area contributed by atoms with Crippen LogP contribution in [-0.2, 0) is 12.6 Å². The van der Waals surface area contributed by atoms with Crippen LogP contribution in [0.2, 0.25) is 10.0 Å². The first-order valence-electron chi connectivity index (χ1n) is 3.76. The van der Waals surface area contributed by atoms with Crippen LogP contribution in [0.1, 0.15) is 5.56 Å². The Balaban J connectivity index is 0.00000225. The molecule has 0 radical (unpaired) electrons. The second-order valence-electron chi connectivity index (χ2n) is 2.59. The molecule has 0 spiro atoms. The van der Waals surface area contributed by atoms with Gasteiger partial charge in [0.1, 0.15) is 17.7 Å². The fourth-order valence-corrected chi connectivity index (χ4v) is 1.69. The van der Waals surface area contributed by atoms with Crippen molar-refractivity contribution in [2.75, 3.05) is 0 Å². The summed E-state index contributed by atoms with van der Waals surface area (Å²) in [7, 11) is 0. The molecular formula is C10H3Cl2KN2S. The molecule has 0 fully saturated rings. The number of allylic oxidation sites excluding steroid dienone is 1. The molecule has 0 aliphatic rings. The van der Waals surface area contributed by atoms with Crippen LogP contribution in [0.4, 0.5) is 0 Å². The number of hydrogen-bond donors (Lipinski definition) is 0. The average Bonchev–Trinajstić information content (AvgIpc) is 2.18. The summed E-state index contributed by atoms with van der Waals surface area (Å²) in [6.45, 7) is 0. The van der Waals surface area contributed by atoms with E-state index in [1.165, 1.54) is 0 Å². The molecule has 0 saturated heterocycles. The first-order chi connectivity index (χ1) is 7.08. The molecule has 74 valence electrons. The molecule has 6 heteroatoms. The van der Waals surface area contributed by atoms with Gasteiger partial charge in [-0.25, -0.2) is 0 Å². The summed E-state index contributed by atoms with van der Waals surface area (Å²) in [6.07, 6.45) is 0. The molecule has 0 atom stereocenters.